The first-order valence-corrected chi connectivity index (χ1v) is 7.25. The standard InChI is InChI=1S/C17H14F3NO3/c18-17(19,20)12-4-1-10(2-5-12)11-3-6-14-13(9-11)15(7-8-23-14)24-16(21)22/h1-6,9,15H,7-8H2,(H2,21,22). The molecule has 0 spiro atoms. The van der Waals surface area contributed by atoms with Crippen LogP contribution in [0.4, 0.5) is 18.0 Å². The smallest absolute Gasteiger partial charge is 0.416 e. The van der Waals surface area contributed by atoms with Gasteiger partial charge in [-0.05, 0) is 35.4 Å². The van der Waals surface area contributed by atoms with E-state index >= 15 is 0 Å². The number of nitrogens with two attached hydrogens (primary N) is 1. The lowest BCUT2D eigenvalue weighted by Gasteiger charge is -2.25. The molecule has 1 heterocycles. The van der Waals surface area contributed by atoms with Crippen molar-refractivity contribution in [1.82, 2.24) is 0 Å². The van der Waals surface area contributed by atoms with Gasteiger partial charge in [-0.2, -0.15) is 13.2 Å². The fourth-order valence-electron chi connectivity index (χ4n) is 2.66. The fraction of sp³-hybridized carbons (Fsp3) is 0.235. The third-order valence-electron chi connectivity index (χ3n) is 3.80. The molecule has 0 saturated heterocycles. The zero-order chi connectivity index (χ0) is 17.3. The van der Waals surface area contributed by atoms with E-state index in [-0.39, 0.29) is 0 Å². The average molecular weight is 337 g/mol. The van der Waals surface area contributed by atoms with Crippen LogP contribution >= 0.6 is 0 Å². The van der Waals surface area contributed by atoms with E-state index in [0.29, 0.717) is 35.5 Å². The Morgan fingerprint density at radius 1 is 1.12 bits per heavy atom. The summed E-state index contributed by atoms with van der Waals surface area (Å²) in [6, 6.07) is 10.1. The average Bonchev–Trinajstić information content (AvgIpc) is 2.54. The number of benzene rings is 2. The lowest BCUT2D eigenvalue weighted by molar-refractivity contribution is -0.137. The third kappa shape index (κ3) is 3.29. The molecule has 126 valence electrons. The zero-order valence-corrected chi connectivity index (χ0v) is 12.5. The van der Waals surface area contributed by atoms with E-state index in [9.17, 15) is 18.0 Å². The van der Waals surface area contributed by atoms with Crippen molar-refractivity contribution in [2.75, 3.05) is 6.61 Å². The number of fused-ring (bicyclic) bond motifs is 1. The second kappa shape index (κ2) is 6.07. The molecule has 24 heavy (non-hydrogen) atoms. The monoisotopic (exact) mass is 337 g/mol. The number of hydrogen-bond donors (Lipinski definition) is 1. The summed E-state index contributed by atoms with van der Waals surface area (Å²) in [6.45, 7) is 0.393. The molecule has 0 aromatic heterocycles. The molecule has 1 aliphatic rings. The predicted molar refractivity (Wildman–Crippen MR) is 80.4 cm³/mol. The Kier molecular flexibility index (Phi) is 4.09. The summed E-state index contributed by atoms with van der Waals surface area (Å²) in [5.41, 5.74) is 6.34. The highest BCUT2D eigenvalue weighted by Gasteiger charge is 2.30. The van der Waals surface area contributed by atoms with Gasteiger partial charge in [0.05, 0.1) is 12.2 Å². The Morgan fingerprint density at radius 3 is 2.42 bits per heavy atom. The molecular formula is C17H14F3NO3. The summed E-state index contributed by atoms with van der Waals surface area (Å²) in [5.74, 6) is 0.572. The molecule has 7 heteroatoms. The Morgan fingerprint density at radius 2 is 1.79 bits per heavy atom. The summed E-state index contributed by atoms with van der Waals surface area (Å²) < 4.78 is 48.5. The summed E-state index contributed by atoms with van der Waals surface area (Å²) in [6.07, 6.45) is -5.32. The highest BCUT2D eigenvalue weighted by molar-refractivity contribution is 5.68. The summed E-state index contributed by atoms with van der Waals surface area (Å²) >= 11 is 0. The molecule has 1 aliphatic heterocycles. The first-order valence-electron chi connectivity index (χ1n) is 7.25. The molecule has 4 nitrogen and oxygen atoms in total. The largest absolute Gasteiger partial charge is 0.493 e. The van der Waals surface area contributed by atoms with Crippen molar-refractivity contribution in [2.45, 2.75) is 18.7 Å². The second-order valence-electron chi connectivity index (χ2n) is 5.39. The normalized spacial score (nSPS) is 16.9. The Bertz CT molecular complexity index is 757. The van der Waals surface area contributed by atoms with Gasteiger partial charge in [0.25, 0.3) is 0 Å². The summed E-state index contributed by atoms with van der Waals surface area (Å²) in [4.78, 5) is 11.0. The third-order valence-corrected chi connectivity index (χ3v) is 3.80. The first-order chi connectivity index (χ1) is 11.3. The molecule has 0 bridgehead atoms. The summed E-state index contributed by atoms with van der Waals surface area (Å²) in [5, 5.41) is 0. The number of primary amides is 1. The van der Waals surface area contributed by atoms with Crippen molar-refractivity contribution in [3.8, 4) is 16.9 Å². The maximum atomic E-state index is 12.6. The minimum Gasteiger partial charge on any atom is -0.493 e. The van der Waals surface area contributed by atoms with Crippen LogP contribution < -0.4 is 10.5 Å². The van der Waals surface area contributed by atoms with E-state index in [1.165, 1.54) is 12.1 Å². The van der Waals surface area contributed by atoms with Gasteiger partial charge in [0.15, 0.2) is 0 Å². The Hall–Kier alpha value is -2.70. The second-order valence-corrected chi connectivity index (χ2v) is 5.39. The fourth-order valence-corrected chi connectivity index (χ4v) is 2.66. The van der Waals surface area contributed by atoms with Crippen LogP contribution in [0.1, 0.15) is 23.7 Å². The molecule has 2 aromatic rings. The molecule has 1 amide bonds. The molecule has 0 radical (unpaired) electrons. The van der Waals surface area contributed by atoms with Gasteiger partial charge in [0, 0.05) is 12.0 Å². The van der Waals surface area contributed by atoms with Crippen LogP contribution in [0.5, 0.6) is 5.75 Å². The van der Waals surface area contributed by atoms with E-state index in [1.54, 1.807) is 18.2 Å². The van der Waals surface area contributed by atoms with Crippen molar-refractivity contribution in [1.29, 1.82) is 0 Å². The first kappa shape index (κ1) is 16.2. The van der Waals surface area contributed by atoms with Gasteiger partial charge in [-0.1, -0.05) is 18.2 Å². The van der Waals surface area contributed by atoms with Gasteiger partial charge in [-0.25, -0.2) is 4.79 Å². The maximum Gasteiger partial charge on any atom is 0.416 e. The number of carbonyl (C=O) groups excluding carboxylic acids is 1. The number of halogens is 3. The van der Waals surface area contributed by atoms with E-state index in [4.69, 9.17) is 15.2 Å². The van der Waals surface area contributed by atoms with Crippen LogP contribution in [0.2, 0.25) is 0 Å². The van der Waals surface area contributed by atoms with Crippen molar-refractivity contribution in [3.63, 3.8) is 0 Å². The number of alkyl halides is 3. The molecule has 3 rings (SSSR count). The van der Waals surface area contributed by atoms with E-state index in [1.807, 2.05) is 0 Å². The molecule has 0 aliphatic carbocycles. The van der Waals surface area contributed by atoms with Crippen molar-refractivity contribution in [3.05, 3.63) is 53.6 Å². The minimum absolute atomic E-state index is 0.393. The molecule has 0 fully saturated rings. The zero-order valence-electron chi connectivity index (χ0n) is 12.5. The number of ether oxygens (including phenoxy) is 2. The molecule has 0 saturated carbocycles. The van der Waals surface area contributed by atoms with Crippen molar-refractivity contribution >= 4 is 6.09 Å². The lowest BCUT2D eigenvalue weighted by atomic mass is 9.96. The molecule has 1 unspecified atom stereocenters. The quantitative estimate of drug-likeness (QED) is 0.889. The van der Waals surface area contributed by atoms with Crippen LogP contribution in [0.25, 0.3) is 11.1 Å². The number of amides is 1. The number of rotatable bonds is 2. The van der Waals surface area contributed by atoms with Crippen LogP contribution in [-0.4, -0.2) is 12.7 Å². The number of carbonyl (C=O) groups is 1. The van der Waals surface area contributed by atoms with Gasteiger partial charge in [0.1, 0.15) is 11.9 Å². The highest BCUT2D eigenvalue weighted by Crippen LogP contribution is 2.38. The van der Waals surface area contributed by atoms with Crippen LogP contribution in [0.3, 0.4) is 0 Å². The molecule has 2 aromatic carbocycles. The van der Waals surface area contributed by atoms with Gasteiger partial charge in [0.2, 0.25) is 0 Å². The van der Waals surface area contributed by atoms with Gasteiger partial charge < -0.3 is 15.2 Å². The van der Waals surface area contributed by atoms with Crippen molar-refractivity contribution in [2.24, 2.45) is 5.73 Å². The van der Waals surface area contributed by atoms with E-state index < -0.39 is 23.9 Å². The number of hydrogen-bond acceptors (Lipinski definition) is 3. The van der Waals surface area contributed by atoms with Gasteiger partial charge in [-0.3, -0.25) is 0 Å². The van der Waals surface area contributed by atoms with Crippen LogP contribution in [-0.2, 0) is 10.9 Å². The Labute approximate surface area is 136 Å². The minimum atomic E-state index is -4.37. The lowest BCUT2D eigenvalue weighted by Crippen LogP contribution is -2.22. The van der Waals surface area contributed by atoms with Crippen molar-refractivity contribution < 1.29 is 27.4 Å². The highest BCUT2D eigenvalue weighted by atomic mass is 19.4. The van der Waals surface area contributed by atoms with Crippen LogP contribution in [0, 0.1) is 0 Å². The molecule has 1 atom stereocenters. The maximum absolute atomic E-state index is 12.6. The van der Waals surface area contributed by atoms with Gasteiger partial charge >= 0.3 is 12.3 Å². The SMILES string of the molecule is NC(=O)OC1CCOc2ccc(-c3ccc(C(F)(F)F)cc3)cc21. The predicted octanol–water partition coefficient (Wildman–Crippen LogP) is 4.29. The molecule has 2 N–H and O–H groups in total. The van der Waals surface area contributed by atoms with E-state index in [0.717, 1.165) is 12.1 Å². The van der Waals surface area contributed by atoms with E-state index in [2.05, 4.69) is 0 Å². The Balaban J connectivity index is 1.94. The van der Waals surface area contributed by atoms with Gasteiger partial charge in [-0.15, -0.1) is 0 Å². The van der Waals surface area contributed by atoms with Crippen LogP contribution in [0.15, 0.2) is 42.5 Å². The molecular weight excluding hydrogens is 323 g/mol. The summed E-state index contributed by atoms with van der Waals surface area (Å²) in [7, 11) is 0. The topological polar surface area (TPSA) is 61.6 Å².